The molecule has 0 unspecified atom stereocenters. The van der Waals surface area contributed by atoms with E-state index in [2.05, 4.69) is 0 Å². The minimum Gasteiger partial charge on any atom is -0.478 e. The molecule has 4 nitrogen and oxygen atoms in total. The van der Waals surface area contributed by atoms with Crippen LogP contribution in [0.15, 0.2) is 42.6 Å². The number of benzene rings is 1. The molecule has 2 aromatic heterocycles. The number of aromatic nitrogens is 1. The first-order chi connectivity index (χ1) is 10.5. The number of fused-ring (bicyclic) bond motifs is 1. The molecule has 0 amide bonds. The summed E-state index contributed by atoms with van der Waals surface area (Å²) in [5.74, 6) is -2.67. The zero-order chi connectivity index (χ0) is 15.9. The van der Waals surface area contributed by atoms with E-state index in [-0.39, 0.29) is 16.6 Å². The Bertz CT molecular complexity index is 937. The van der Waals surface area contributed by atoms with Crippen molar-refractivity contribution < 1.29 is 18.7 Å². The lowest BCUT2D eigenvalue weighted by Crippen LogP contribution is -1.96. The van der Waals surface area contributed by atoms with E-state index in [4.69, 9.17) is 10.4 Å². The smallest absolute Gasteiger partial charge is 0.335 e. The normalized spacial score (nSPS) is 10.6. The lowest BCUT2D eigenvalue weighted by atomic mass is 10.1. The number of carboxylic acid groups (broad SMARTS) is 1. The number of rotatable bonds is 2. The molecule has 1 N–H and O–H groups in total. The fourth-order valence-corrected chi connectivity index (χ4v) is 2.34. The van der Waals surface area contributed by atoms with Gasteiger partial charge in [0.2, 0.25) is 0 Å². The van der Waals surface area contributed by atoms with Gasteiger partial charge < -0.3 is 9.51 Å². The van der Waals surface area contributed by atoms with Crippen LogP contribution >= 0.6 is 0 Å². The van der Waals surface area contributed by atoms with Gasteiger partial charge in [-0.05, 0) is 23.8 Å². The third kappa shape index (κ3) is 2.09. The average Bonchev–Trinajstić information content (AvgIpc) is 2.86. The Morgan fingerprint density at radius 2 is 1.86 bits per heavy atom. The van der Waals surface area contributed by atoms with Gasteiger partial charge in [-0.1, -0.05) is 12.1 Å². The zero-order valence-corrected chi connectivity index (χ0v) is 11.0. The van der Waals surface area contributed by atoms with Crippen molar-refractivity contribution >= 4 is 11.5 Å². The molecule has 22 heavy (non-hydrogen) atoms. The van der Waals surface area contributed by atoms with Gasteiger partial charge in [-0.3, -0.25) is 0 Å². The van der Waals surface area contributed by atoms with Crippen LogP contribution in [0.2, 0.25) is 0 Å². The highest BCUT2D eigenvalue weighted by molar-refractivity contribution is 5.88. The molecule has 0 aliphatic heterocycles. The van der Waals surface area contributed by atoms with Crippen LogP contribution in [0.5, 0.6) is 0 Å². The number of hydrogen-bond donors (Lipinski definition) is 1. The molecule has 0 radical (unpaired) electrons. The molecule has 1 aromatic carbocycles. The van der Waals surface area contributed by atoms with E-state index < -0.39 is 17.6 Å². The van der Waals surface area contributed by atoms with E-state index in [1.165, 1.54) is 34.7 Å². The summed E-state index contributed by atoms with van der Waals surface area (Å²) in [6, 6.07) is 9.85. The first-order valence-electron chi connectivity index (χ1n) is 6.25. The summed E-state index contributed by atoms with van der Waals surface area (Å²) < 4.78 is 28.6. The molecular formula is C16H8F2N2O2. The molecule has 0 spiro atoms. The maximum absolute atomic E-state index is 13.9. The van der Waals surface area contributed by atoms with Gasteiger partial charge in [-0.25, -0.2) is 13.6 Å². The van der Waals surface area contributed by atoms with E-state index in [1.807, 2.05) is 6.07 Å². The fraction of sp³-hybridized carbons (Fsp3) is 0. The molecule has 0 aliphatic rings. The Morgan fingerprint density at radius 1 is 1.18 bits per heavy atom. The third-order valence-electron chi connectivity index (χ3n) is 3.33. The lowest BCUT2D eigenvalue weighted by molar-refractivity contribution is 0.0697. The molecule has 0 saturated carbocycles. The van der Waals surface area contributed by atoms with Crippen LogP contribution in [-0.4, -0.2) is 15.5 Å². The van der Waals surface area contributed by atoms with Crippen LogP contribution < -0.4 is 0 Å². The molecule has 0 atom stereocenters. The minimum absolute atomic E-state index is 0.0128. The van der Waals surface area contributed by atoms with Gasteiger partial charge in [0.15, 0.2) is 5.82 Å². The number of carbonyl (C=O) groups is 1. The van der Waals surface area contributed by atoms with Crippen molar-refractivity contribution in [3.8, 4) is 17.3 Å². The second-order valence-corrected chi connectivity index (χ2v) is 4.66. The second kappa shape index (κ2) is 4.97. The largest absolute Gasteiger partial charge is 0.478 e. The molecule has 3 rings (SSSR count). The Labute approximate surface area is 123 Å². The van der Waals surface area contributed by atoms with Gasteiger partial charge >= 0.3 is 5.97 Å². The molecule has 0 aliphatic carbocycles. The first kappa shape index (κ1) is 13.8. The summed E-state index contributed by atoms with van der Waals surface area (Å²) in [5.41, 5.74) is 1.12. The van der Waals surface area contributed by atoms with Crippen molar-refractivity contribution in [1.82, 2.24) is 4.40 Å². The van der Waals surface area contributed by atoms with Crippen LogP contribution in [0.1, 0.15) is 15.9 Å². The van der Waals surface area contributed by atoms with E-state index >= 15 is 0 Å². The summed E-state index contributed by atoms with van der Waals surface area (Å²) in [7, 11) is 0. The van der Waals surface area contributed by atoms with Crippen molar-refractivity contribution in [3.63, 3.8) is 0 Å². The van der Waals surface area contributed by atoms with Crippen LogP contribution in [0, 0.1) is 23.0 Å². The number of hydrogen-bond acceptors (Lipinski definition) is 2. The maximum atomic E-state index is 13.9. The third-order valence-corrected chi connectivity index (χ3v) is 3.33. The van der Waals surface area contributed by atoms with E-state index in [1.54, 1.807) is 0 Å². The van der Waals surface area contributed by atoms with Gasteiger partial charge in [0.25, 0.3) is 0 Å². The van der Waals surface area contributed by atoms with Crippen molar-refractivity contribution in [1.29, 1.82) is 5.26 Å². The number of pyridine rings is 1. The minimum atomic E-state index is -1.07. The summed E-state index contributed by atoms with van der Waals surface area (Å²) in [5, 5.41) is 18.0. The number of nitriles is 1. The van der Waals surface area contributed by atoms with Gasteiger partial charge in [0.1, 0.15) is 11.9 Å². The molecule has 0 saturated heterocycles. The number of halogens is 2. The summed E-state index contributed by atoms with van der Waals surface area (Å²) in [6.07, 6.45) is 1.08. The predicted molar refractivity (Wildman–Crippen MR) is 74.4 cm³/mol. The van der Waals surface area contributed by atoms with Crippen LogP contribution in [-0.2, 0) is 0 Å². The Balaban J connectivity index is 2.27. The van der Waals surface area contributed by atoms with Crippen molar-refractivity contribution in [2.75, 3.05) is 0 Å². The average molecular weight is 298 g/mol. The first-order valence-corrected chi connectivity index (χ1v) is 6.25. The van der Waals surface area contributed by atoms with Crippen LogP contribution in [0.3, 0.4) is 0 Å². The van der Waals surface area contributed by atoms with Gasteiger partial charge in [-0.2, -0.15) is 5.26 Å². The summed E-state index contributed by atoms with van der Waals surface area (Å²) >= 11 is 0. The molecule has 3 aromatic rings. The summed E-state index contributed by atoms with van der Waals surface area (Å²) in [4.78, 5) is 10.9. The van der Waals surface area contributed by atoms with E-state index in [9.17, 15) is 13.6 Å². The molecule has 6 heteroatoms. The van der Waals surface area contributed by atoms with Gasteiger partial charge in [-0.15, -0.1) is 0 Å². The Kier molecular flexibility index (Phi) is 3.11. The molecule has 2 heterocycles. The molecule has 0 fully saturated rings. The van der Waals surface area contributed by atoms with Gasteiger partial charge in [0.05, 0.1) is 22.3 Å². The molecule has 108 valence electrons. The zero-order valence-electron chi connectivity index (χ0n) is 11.0. The molecule has 0 bridgehead atoms. The van der Waals surface area contributed by atoms with Crippen LogP contribution in [0.4, 0.5) is 8.78 Å². The summed E-state index contributed by atoms with van der Waals surface area (Å²) in [6.45, 7) is 0. The lowest BCUT2D eigenvalue weighted by Gasteiger charge is -2.04. The highest BCUT2D eigenvalue weighted by atomic mass is 19.1. The standard InChI is InChI=1S/C16H8F2N2O2/c17-12-6-13(18)15-11(7-19)5-14(20(15)8-12)9-1-3-10(4-2-9)16(21)22/h1-6,8H,(H,21,22). The highest BCUT2D eigenvalue weighted by Crippen LogP contribution is 2.28. The topological polar surface area (TPSA) is 65.5 Å². The number of carboxylic acids is 1. The maximum Gasteiger partial charge on any atom is 0.335 e. The number of aromatic carboxylic acids is 1. The van der Waals surface area contributed by atoms with Crippen molar-refractivity contribution in [2.45, 2.75) is 0 Å². The SMILES string of the molecule is N#Cc1cc(-c2ccc(C(=O)O)cc2)n2cc(F)cc(F)c12. The monoisotopic (exact) mass is 298 g/mol. The van der Waals surface area contributed by atoms with E-state index in [0.29, 0.717) is 17.3 Å². The predicted octanol–water partition coefficient (Wildman–Crippen LogP) is 3.45. The quantitative estimate of drug-likeness (QED) is 0.788. The van der Waals surface area contributed by atoms with Gasteiger partial charge in [0, 0.05) is 12.3 Å². The second-order valence-electron chi connectivity index (χ2n) is 4.66. The van der Waals surface area contributed by atoms with E-state index in [0.717, 1.165) is 6.20 Å². The van der Waals surface area contributed by atoms with Crippen molar-refractivity contribution in [3.05, 3.63) is 65.4 Å². The Morgan fingerprint density at radius 3 is 2.45 bits per heavy atom. The van der Waals surface area contributed by atoms with Crippen molar-refractivity contribution in [2.24, 2.45) is 0 Å². The van der Waals surface area contributed by atoms with Crippen LogP contribution in [0.25, 0.3) is 16.8 Å². The fourth-order valence-electron chi connectivity index (χ4n) is 2.34. The molecular weight excluding hydrogens is 290 g/mol. The Hall–Kier alpha value is -3.20. The number of nitrogens with zero attached hydrogens (tertiary/aromatic N) is 2. The highest BCUT2D eigenvalue weighted by Gasteiger charge is 2.16.